The molecule has 8 atom stereocenters. The molecule has 0 radical (unpaired) electrons. The van der Waals surface area contributed by atoms with Crippen LogP contribution in [0, 0.1) is 51.2 Å². The van der Waals surface area contributed by atoms with Crippen molar-refractivity contribution in [1.29, 1.82) is 0 Å². The summed E-state index contributed by atoms with van der Waals surface area (Å²) >= 11 is 0. The van der Waals surface area contributed by atoms with Crippen molar-refractivity contribution < 1.29 is 9.90 Å². The highest BCUT2D eigenvalue weighted by Crippen LogP contribution is 2.75. The lowest BCUT2D eigenvalue weighted by molar-refractivity contribution is -0.163. The number of nitrogens with one attached hydrogen (secondary N) is 1. The van der Waals surface area contributed by atoms with Gasteiger partial charge in [-0.2, -0.15) is 5.10 Å². The van der Waals surface area contributed by atoms with E-state index in [4.69, 9.17) is 5.73 Å². The van der Waals surface area contributed by atoms with Crippen LogP contribution in [0.5, 0.6) is 0 Å². The minimum atomic E-state index is -0.574. The van der Waals surface area contributed by atoms with Gasteiger partial charge in [-0.25, -0.2) is 0 Å². The molecule has 5 nitrogen and oxygen atoms in total. The van der Waals surface area contributed by atoms with Gasteiger partial charge in [0.25, 0.3) is 0 Å². The van der Waals surface area contributed by atoms with Gasteiger partial charge in [0.1, 0.15) is 5.82 Å². The molecule has 0 amide bonds. The summed E-state index contributed by atoms with van der Waals surface area (Å²) in [6.07, 6.45) is 8.75. The minimum absolute atomic E-state index is 0.0207. The highest BCUT2D eigenvalue weighted by molar-refractivity contribution is 5.71. The molecule has 4 N–H and O–H groups in total. The Morgan fingerprint density at radius 3 is 2.41 bits per heavy atom. The largest absolute Gasteiger partial charge is 0.481 e. The van der Waals surface area contributed by atoms with Crippen molar-refractivity contribution in [3.63, 3.8) is 0 Å². The first-order valence-corrected chi connectivity index (χ1v) is 14.8. The third kappa shape index (κ3) is 3.09. The topological polar surface area (TPSA) is 92.0 Å². The zero-order chi connectivity index (χ0) is 26.9. The maximum absolute atomic E-state index is 12.4. The lowest BCUT2D eigenvalue weighted by Crippen LogP contribution is -2.64. The predicted molar refractivity (Wildman–Crippen MR) is 148 cm³/mol. The number of fused-ring (bicyclic) bond motifs is 8. The van der Waals surface area contributed by atoms with Gasteiger partial charge in [-0.1, -0.05) is 59.6 Å². The van der Waals surface area contributed by atoms with E-state index in [0.29, 0.717) is 23.6 Å². The number of aromatic nitrogens is 2. The second-order valence-corrected chi connectivity index (χ2v) is 16.0. The Morgan fingerprint density at radius 2 is 1.73 bits per heavy atom. The maximum Gasteiger partial charge on any atom is 0.306 e. The molecule has 37 heavy (non-hydrogen) atoms. The Balaban J connectivity index is 1.48. The maximum atomic E-state index is 12.4. The Morgan fingerprint density at radius 1 is 1.03 bits per heavy atom. The Bertz CT molecular complexity index is 1190. The number of hydrogen-bond acceptors (Lipinski definition) is 3. The summed E-state index contributed by atoms with van der Waals surface area (Å²) < 4.78 is 0. The van der Waals surface area contributed by atoms with E-state index < -0.39 is 5.97 Å². The van der Waals surface area contributed by atoms with Gasteiger partial charge in [0.2, 0.25) is 0 Å². The first-order chi connectivity index (χ1) is 17.1. The highest BCUT2D eigenvalue weighted by atomic mass is 16.4. The number of carboxylic acid groups (broad SMARTS) is 1. The number of carbonyl (C=O) groups is 1. The molecule has 5 aliphatic rings. The first kappa shape index (κ1) is 25.5. The zero-order valence-electron chi connectivity index (χ0n) is 24.4. The number of aromatic amines is 1. The van der Waals surface area contributed by atoms with E-state index in [2.05, 4.69) is 65.6 Å². The van der Waals surface area contributed by atoms with Crippen LogP contribution in [-0.4, -0.2) is 21.3 Å². The van der Waals surface area contributed by atoms with Crippen molar-refractivity contribution in [2.75, 3.05) is 5.73 Å². The van der Waals surface area contributed by atoms with E-state index in [0.717, 1.165) is 38.5 Å². The molecule has 1 aromatic heterocycles. The summed E-state index contributed by atoms with van der Waals surface area (Å²) in [5, 5.41) is 18.0. The van der Waals surface area contributed by atoms with E-state index >= 15 is 0 Å². The van der Waals surface area contributed by atoms with E-state index in [1.807, 2.05) is 0 Å². The molecule has 1 aromatic rings. The predicted octanol–water partition coefficient (Wildman–Crippen LogP) is 7.14. The summed E-state index contributed by atoms with van der Waals surface area (Å²) in [7, 11) is 0. The number of anilines is 1. The molecule has 204 valence electrons. The molecule has 1 unspecified atom stereocenters. The number of carboxylic acids is 1. The van der Waals surface area contributed by atoms with Crippen molar-refractivity contribution in [2.45, 2.75) is 112 Å². The summed E-state index contributed by atoms with van der Waals surface area (Å²) in [5.74, 6) is 1.77. The van der Waals surface area contributed by atoms with E-state index in [1.165, 1.54) is 24.1 Å². The Kier molecular flexibility index (Phi) is 5.13. The molecule has 0 aromatic carbocycles. The molecule has 0 spiro atoms. The van der Waals surface area contributed by atoms with Crippen LogP contribution in [0.15, 0.2) is 11.1 Å². The van der Waals surface area contributed by atoms with Crippen LogP contribution < -0.4 is 5.73 Å². The van der Waals surface area contributed by atoms with Crippen molar-refractivity contribution >= 4 is 11.8 Å². The van der Waals surface area contributed by atoms with Gasteiger partial charge in [0, 0.05) is 16.7 Å². The monoisotopic (exact) mass is 507 g/mol. The second kappa shape index (κ2) is 7.45. The zero-order valence-corrected chi connectivity index (χ0v) is 24.4. The molecular weight excluding hydrogens is 458 g/mol. The lowest BCUT2D eigenvalue weighted by atomic mass is 9.34. The Labute approximate surface area is 223 Å². The number of nitrogens with zero attached hydrogens (tertiary/aromatic N) is 1. The van der Waals surface area contributed by atoms with Gasteiger partial charge in [0.15, 0.2) is 0 Å². The number of nitrogens with two attached hydrogens (primary N) is 1. The van der Waals surface area contributed by atoms with E-state index in [1.54, 1.807) is 11.1 Å². The average Bonchev–Trinajstić information content (AvgIpc) is 3.14. The smallest absolute Gasteiger partial charge is 0.306 e. The summed E-state index contributed by atoms with van der Waals surface area (Å²) in [6, 6.07) is 0. The molecule has 1 heterocycles. The fraction of sp³-hybridized carbons (Fsp3) is 0.812. The number of allylic oxidation sites excluding steroid dienone is 2. The fourth-order valence-electron chi connectivity index (χ4n) is 11.8. The normalized spacial score (nSPS) is 45.7. The highest BCUT2D eigenvalue weighted by Gasteiger charge is 2.68. The molecule has 5 heteroatoms. The number of rotatable bonds is 1. The van der Waals surface area contributed by atoms with Crippen molar-refractivity contribution in [2.24, 2.45) is 51.2 Å². The fourth-order valence-corrected chi connectivity index (χ4v) is 11.8. The number of aliphatic carboxylic acids is 1. The molecule has 3 saturated carbocycles. The molecule has 5 aliphatic carbocycles. The van der Waals surface area contributed by atoms with Gasteiger partial charge in [-0.05, 0) is 104 Å². The van der Waals surface area contributed by atoms with Crippen molar-refractivity contribution in [3.8, 4) is 0 Å². The van der Waals surface area contributed by atoms with Crippen LogP contribution in [0.2, 0.25) is 0 Å². The second-order valence-electron chi connectivity index (χ2n) is 16.0. The van der Waals surface area contributed by atoms with Crippen LogP contribution in [0.1, 0.15) is 112 Å². The minimum Gasteiger partial charge on any atom is -0.481 e. The van der Waals surface area contributed by atoms with Gasteiger partial charge >= 0.3 is 5.97 Å². The molecule has 3 fully saturated rings. The van der Waals surface area contributed by atoms with Gasteiger partial charge < -0.3 is 10.8 Å². The standard InChI is InChI=1S/C32H49N3O2/c1-17-13-23-30(6)16-21-25(34-35-26(21)33)29(4,5)22(30)10-12-31(23,7)32(8)11-9-18-19(24(17)32)14-28(2,3)15-20(18)27(36)37/h18-20,22-23H,9-16H2,1-8H3,(H,36,37)(H3,33,34,35)/t18-,19-,20+,22-,23?,30-,31+,32+/m0/s1. The van der Waals surface area contributed by atoms with Crippen molar-refractivity contribution in [3.05, 3.63) is 22.4 Å². The molecular formula is C32H49N3O2. The first-order valence-electron chi connectivity index (χ1n) is 14.8. The quantitative estimate of drug-likeness (QED) is 0.352. The summed E-state index contributed by atoms with van der Waals surface area (Å²) in [6.45, 7) is 19.6. The van der Waals surface area contributed by atoms with Crippen LogP contribution >= 0.6 is 0 Å². The lowest BCUT2D eigenvalue weighted by Gasteiger charge is -2.70. The van der Waals surface area contributed by atoms with Gasteiger partial charge in [0.05, 0.1) is 5.92 Å². The third-order valence-electron chi connectivity index (χ3n) is 13.4. The van der Waals surface area contributed by atoms with Gasteiger partial charge in [-0.3, -0.25) is 9.89 Å². The molecule has 0 aliphatic heterocycles. The Hall–Kier alpha value is -1.78. The molecule has 0 bridgehead atoms. The number of hydrogen-bond donors (Lipinski definition) is 3. The molecule has 6 rings (SSSR count). The molecule has 0 saturated heterocycles. The average molecular weight is 508 g/mol. The number of H-pyrrole nitrogens is 1. The summed E-state index contributed by atoms with van der Waals surface area (Å²) in [4.78, 5) is 12.4. The van der Waals surface area contributed by atoms with E-state index in [-0.39, 0.29) is 38.9 Å². The van der Waals surface area contributed by atoms with Crippen molar-refractivity contribution in [1.82, 2.24) is 10.2 Å². The third-order valence-corrected chi connectivity index (χ3v) is 13.4. The van der Waals surface area contributed by atoms with E-state index in [9.17, 15) is 9.90 Å². The van der Waals surface area contributed by atoms with Gasteiger partial charge in [-0.15, -0.1) is 0 Å². The van der Waals surface area contributed by atoms with Crippen LogP contribution in [0.3, 0.4) is 0 Å². The van der Waals surface area contributed by atoms with Crippen LogP contribution in [-0.2, 0) is 16.6 Å². The van der Waals surface area contributed by atoms with Crippen LogP contribution in [0.25, 0.3) is 0 Å². The SMILES string of the molecule is CC1=C2[C@H]3CC(C)(C)C[C@@H](C(=O)O)[C@H]3CC[C@@]2(C)[C@]2(C)CC[C@H]3C(C)(C)c4[nH]nc(N)c4C[C@]3(C)C2C1. The summed E-state index contributed by atoms with van der Waals surface area (Å²) in [5.41, 5.74) is 12.8. The van der Waals surface area contributed by atoms with Crippen LogP contribution in [0.4, 0.5) is 5.82 Å². The number of nitrogen functional groups attached to an aromatic ring is 1.